The number of pyridine rings is 1. The molecule has 2 aliphatic rings. The minimum absolute atomic E-state index is 0.0585. The molecule has 0 spiro atoms. The Morgan fingerprint density at radius 3 is 2.79 bits per heavy atom. The molecular weight excluding hydrogens is 543 g/mol. The second kappa shape index (κ2) is 11.5. The molecule has 10 nitrogen and oxygen atoms in total. The van der Waals surface area contributed by atoms with Crippen molar-refractivity contribution < 1.29 is 19.1 Å². The van der Waals surface area contributed by atoms with Gasteiger partial charge in [0.2, 0.25) is 11.8 Å². The van der Waals surface area contributed by atoms with Crippen LogP contribution in [0.1, 0.15) is 38.2 Å². The van der Waals surface area contributed by atoms with Gasteiger partial charge in [0.15, 0.2) is 0 Å². The molecule has 1 aliphatic carbocycles. The summed E-state index contributed by atoms with van der Waals surface area (Å²) in [7, 11) is 0. The standard InChI is InChI=1S/C27H30Cl2N6O4/c1-2-39-27(38)16-5-14(26-15(6-16)9-25(37)33-34-26)8-24(36)32-23-12-31-22-7-17(11-30)20(13-35(22)23)19-4-3-18(28)10-21(19)29/h3-4,7,10,12-16,26,34H,2,5-6,8-9,11,30H2,1H3,(H,32,36)(H,33,37). The highest BCUT2D eigenvalue weighted by Gasteiger charge is 2.44. The van der Waals surface area contributed by atoms with E-state index in [9.17, 15) is 14.4 Å². The van der Waals surface area contributed by atoms with Crippen molar-refractivity contribution in [2.75, 3.05) is 11.9 Å². The normalized spacial score (nSPS) is 22.7. The summed E-state index contributed by atoms with van der Waals surface area (Å²) in [6.45, 7) is 2.33. The van der Waals surface area contributed by atoms with Gasteiger partial charge in [0.05, 0.1) is 18.7 Å². The maximum atomic E-state index is 13.3. The van der Waals surface area contributed by atoms with Gasteiger partial charge in [-0.05, 0) is 55.4 Å². The van der Waals surface area contributed by atoms with Gasteiger partial charge in [-0.15, -0.1) is 0 Å². The van der Waals surface area contributed by atoms with E-state index in [2.05, 4.69) is 21.2 Å². The molecule has 2 fully saturated rings. The van der Waals surface area contributed by atoms with Crippen molar-refractivity contribution >= 4 is 52.5 Å². The van der Waals surface area contributed by atoms with Gasteiger partial charge in [0.25, 0.3) is 0 Å². The lowest BCUT2D eigenvalue weighted by molar-refractivity contribution is -0.152. The van der Waals surface area contributed by atoms with E-state index in [0.717, 1.165) is 16.7 Å². The van der Waals surface area contributed by atoms with Crippen LogP contribution in [0.25, 0.3) is 16.8 Å². The van der Waals surface area contributed by atoms with Crippen molar-refractivity contribution in [3.05, 3.63) is 52.3 Å². The van der Waals surface area contributed by atoms with E-state index in [0.29, 0.717) is 40.8 Å². The minimum atomic E-state index is -0.353. The number of carbonyl (C=O) groups is 3. The van der Waals surface area contributed by atoms with Gasteiger partial charge in [0.1, 0.15) is 11.5 Å². The van der Waals surface area contributed by atoms with E-state index in [1.807, 2.05) is 18.3 Å². The van der Waals surface area contributed by atoms with Crippen molar-refractivity contribution in [2.45, 2.75) is 45.2 Å². The van der Waals surface area contributed by atoms with E-state index in [4.69, 9.17) is 33.7 Å². The lowest BCUT2D eigenvalue weighted by atomic mass is 9.68. The first-order valence-electron chi connectivity index (χ1n) is 12.9. The minimum Gasteiger partial charge on any atom is -0.466 e. The van der Waals surface area contributed by atoms with Crippen LogP contribution in [0.4, 0.5) is 5.82 Å². The van der Waals surface area contributed by atoms with Gasteiger partial charge < -0.3 is 15.8 Å². The summed E-state index contributed by atoms with van der Waals surface area (Å²) in [4.78, 5) is 42.3. The maximum Gasteiger partial charge on any atom is 0.308 e. The van der Waals surface area contributed by atoms with Crippen LogP contribution in [-0.4, -0.2) is 39.8 Å². The number of ether oxygens (including phenoxy) is 1. The molecule has 0 bridgehead atoms. The first kappa shape index (κ1) is 27.4. The number of anilines is 1. The fourth-order valence-electron chi connectivity index (χ4n) is 5.77. The van der Waals surface area contributed by atoms with Gasteiger partial charge >= 0.3 is 5.97 Å². The number of nitrogens with one attached hydrogen (secondary N) is 3. The number of fused-ring (bicyclic) bond motifs is 2. The average molecular weight is 573 g/mol. The maximum absolute atomic E-state index is 13.3. The Bertz CT molecular complexity index is 1430. The molecule has 1 saturated carbocycles. The topological polar surface area (TPSA) is 140 Å². The smallest absolute Gasteiger partial charge is 0.308 e. The van der Waals surface area contributed by atoms with Crippen LogP contribution >= 0.6 is 23.2 Å². The number of nitrogens with zero attached hydrogens (tertiary/aromatic N) is 2. The summed E-state index contributed by atoms with van der Waals surface area (Å²) >= 11 is 12.6. The molecule has 2 aromatic heterocycles. The molecule has 3 aromatic rings. The molecule has 2 amide bonds. The Morgan fingerprint density at radius 1 is 1.23 bits per heavy atom. The number of hydrogen-bond acceptors (Lipinski definition) is 7. The zero-order chi connectivity index (χ0) is 27.7. The Morgan fingerprint density at radius 2 is 2.05 bits per heavy atom. The van der Waals surface area contributed by atoms with Crippen molar-refractivity contribution in [3.8, 4) is 11.1 Å². The number of carbonyl (C=O) groups excluding carboxylic acids is 3. The van der Waals surface area contributed by atoms with Crippen LogP contribution in [0, 0.1) is 17.8 Å². The van der Waals surface area contributed by atoms with E-state index in [1.165, 1.54) is 0 Å². The summed E-state index contributed by atoms with van der Waals surface area (Å²) < 4.78 is 7.04. The average Bonchev–Trinajstić information content (AvgIpc) is 3.28. The summed E-state index contributed by atoms with van der Waals surface area (Å²) in [5.41, 5.74) is 14.8. The molecule has 3 heterocycles. The second-order valence-corrected chi connectivity index (χ2v) is 10.9. The number of halogens is 2. The summed E-state index contributed by atoms with van der Waals surface area (Å²) in [6.07, 6.45) is 4.94. The second-order valence-electron chi connectivity index (χ2n) is 10.0. The summed E-state index contributed by atoms with van der Waals surface area (Å²) in [5, 5.41) is 3.98. The van der Waals surface area contributed by atoms with Crippen molar-refractivity contribution in [3.63, 3.8) is 0 Å². The fourth-order valence-corrected chi connectivity index (χ4v) is 6.28. The van der Waals surface area contributed by atoms with Gasteiger partial charge in [-0.3, -0.25) is 24.2 Å². The third kappa shape index (κ3) is 5.74. The first-order chi connectivity index (χ1) is 18.8. The number of aromatic nitrogens is 2. The third-order valence-corrected chi connectivity index (χ3v) is 8.07. The zero-order valence-electron chi connectivity index (χ0n) is 21.4. The predicted molar refractivity (Wildman–Crippen MR) is 148 cm³/mol. The van der Waals surface area contributed by atoms with E-state index in [1.54, 1.807) is 29.7 Å². The van der Waals surface area contributed by atoms with Crippen molar-refractivity contribution in [2.24, 2.45) is 23.5 Å². The Balaban J connectivity index is 1.38. The first-order valence-corrected chi connectivity index (χ1v) is 13.7. The van der Waals surface area contributed by atoms with Crippen LogP contribution in [0.15, 0.2) is 36.7 Å². The quantitative estimate of drug-likeness (QED) is 0.316. The Hall–Kier alpha value is -3.18. The molecule has 5 rings (SSSR count). The molecule has 5 N–H and O–H groups in total. The highest BCUT2D eigenvalue weighted by atomic mass is 35.5. The fraction of sp³-hybridized carbons (Fsp3) is 0.407. The lowest BCUT2D eigenvalue weighted by Crippen LogP contribution is -2.60. The number of hydrogen-bond donors (Lipinski definition) is 4. The van der Waals surface area contributed by atoms with Crippen LogP contribution in [0.5, 0.6) is 0 Å². The highest BCUT2D eigenvalue weighted by Crippen LogP contribution is 2.39. The predicted octanol–water partition coefficient (Wildman–Crippen LogP) is 3.69. The molecule has 12 heteroatoms. The highest BCUT2D eigenvalue weighted by molar-refractivity contribution is 6.36. The molecule has 1 saturated heterocycles. The van der Waals surface area contributed by atoms with Gasteiger partial charge in [-0.2, -0.15) is 0 Å². The van der Waals surface area contributed by atoms with Gasteiger partial charge in [-0.25, -0.2) is 10.4 Å². The van der Waals surface area contributed by atoms with Gasteiger partial charge in [0, 0.05) is 52.8 Å². The molecule has 1 aliphatic heterocycles. The SMILES string of the molecule is CCOC(=O)C1CC2CC(=O)NNC2C(CC(=O)Nc2cnc3cc(CN)c(-c4ccc(Cl)cc4Cl)cn23)C1. The molecular formula is C27H30Cl2N6O4. The molecule has 4 unspecified atom stereocenters. The van der Waals surface area contributed by atoms with Crippen LogP contribution in [0.3, 0.4) is 0 Å². The van der Waals surface area contributed by atoms with E-state index < -0.39 is 0 Å². The van der Waals surface area contributed by atoms with Crippen molar-refractivity contribution in [1.29, 1.82) is 0 Å². The molecule has 1 aromatic carbocycles. The largest absolute Gasteiger partial charge is 0.466 e. The molecule has 206 valence electrons. The summed E-state index contributed by atoms with van der Waals surface area (Å²) in [6, 6.07) is 7.00. The number of hydrazine groups is 1. The number of rotatable bonds is 7. The zero-order valence-corrected chi connectivity index (χ0v) is 22.9. The number of imidazole rings is 1. The number of amides is 2. The summed E-state index contributed by atoms with van der Waals surface area (Å²) in [5.74, 6) is -0.723. The molecule has 0 radical (unpaired) electrons. The van der Waals surface area contributed by atoms with Crippen LogP contribution in [0.2, 0.25) is 10.0 Å². The monoisotopic (exact) mass is 572 g/mol. The third-order valence-electron chi connectivity index (χ3n) is 7.53. The Kier molecular flexibility index (Phi) is 8.08. The number of esters is 1. The van der Waals surface area contributed by atoms with Crippen LogP contribution < -0.4 is 21.9 Å². The lowest BCUT2D eigenvalue weighted by Gasteiger charge is -2.43. The van der Waals surface area contributed by atoms with Crippen molar-refractivity contribution in [1.82, 2.24) is 20.2 Å². The number of nitrogens with two attached hydrogens (primary N) is 1. The van der Waals surface area contributed by atoms with E-state index in [-0.39, 0.29) is 61.2 Å². The molecule has 39 heavy (non-hydrogen) atoms. The van der Waals surface area contributed by atoms with E-state index >= 15 is 0 Å². The van der Waals surface area contributed by atoms with Crippen LogP contribution in [-0.2, 0) is 25.7 Å². The molecule has 4 atom stereocenters. The van der Waals surface area contributed by atoms with Gasteiger partial charge in [-0.1, -0.05) is 29.3 Å². The number of benzene rings is 1. The Labute approximate surface area is 235 Å².